The molecule has 0 amide bonds. The van der Waals surface area contributed by atoms with Crippen LogP contribution in [0.4, 0.5) is 0 Å². The smallest absolute Gasteiger partial charge is 0.130 e. The molecular weight excluding hydrogens is 234 g/mol. The summed E-state index contributed by atoms with van der Waals surface area (Å²) in [6.07, 6.45) is 2.05. The summed E-state index contributed by atoms with van der Waals surface area (Å²) in [6.45, 7) is 3.55. The van der Waals surface area contributed by atoms with Crippen LogP contribution in [0, 0.1) is 6.92 Å². The van der Waals surface area contributed by atoms with Crippen molar-refractivity contribution in [3.63, 3.8) is 0 Å². The molecule has 2 N–H and O–H groups in total. The molecule has 0 radical (unpaired) electrons. The van der Waals surface area contributed by atoms with Crippen molar-refractivity contribution in [2.75, 3.05) is 13.2 Å². The van der Waals surface area contributed by atoms with Gasteiger partial charge in [-0.05, 0) is 24.6 Å². The molecule has 0 aliphatic carbocycles. The molecule has 4 heteroatoms. The van der Waals surface area contributed by atoms with Gasteiger partial charge in [-0.15, -0.1) is 0 Å². The summed E-state index contributed by atoms with van der Waals surface area (Å²) in [4.78, 5) is 0.382. The van der Waals surface area contributed by atoms with Crippen LogP contribution in [0.5, 0.6) is 5.75 Å². The lowest BCUT2D eigenvalue weighted by Gasteiger charge is -2.24. The molecule has 0 bridgehead atoms. The molecule has 0 aromatic heterocycles. The quantitative estimate of drug-likeness (QED) is 0.836. The van der Waals surface area contributed by atoms with E-state index in [1.165, 1.54) is 0 Å². The molecule has 1 heterocycles. The molecule has 1 aromatic carbocycles. The van der Waals surface area contributed by atoms with Gasteiger partial charge in [-0.1, -0.05) is 18.3 Å². The lowest BCUT2D eigenvalue weighted by atomic mass is 10.1. The normalized spacial score (nSPS) is 16.8. The topological polar surface area (TPSA) is 44.5 Å². The predicted molar refractivity (Wildman–Crippen MR) is 71.5 cm³/mol. The Kier molecular flexibility index (Phi) is 3.97. The second kappa shape index (κ2) is 5.47. The van der Waals surface area contributed by atoms with Gasteiger partial charge in [0.1, 0.15) is 16.8 Å². The van der Waals surface area contributed by atoms with Gasteiger partial charge in [0.2, 0.25) is 0 Å². The highest BCUT2D eigenvalue weighted by Gasteiger charge is 2.17. The molecule has 92 valence electrons. The average Bonchev–Trinajstić information content (AvgIpc) is 2.30. The lowest BCUT2D eigenvalue weighted by molar-refractivity contribution is 0.0255. The van der Waals surface area contributed by atoms with Crippen molar-refractivity contribution < 1.29 is 9.47 Å². The summed E-state index contributed by atoms with van der Waals surface area (Å²) in [6, 6.07) is 5.90. The minimum atomic E-state index is 0.207. The Morgan fingerprint density at radius 3 is 2.76 bits per heavy atom. The number of nitrogens with two attached hydrogens (primary N) is 1. The van der Waals surface area contributed by atoms with Gasteiger partial charge in [0.05, 0.1) is 18.8 Å². The van der Waals surface area contributed by atoms with E-state index in [0.29, 0.717) is 4.99 Å². The van der Waals surface area contributed by atoms with E-state index >= 15 is 0 Å². The molecule has 1 aliphatic heterocycles. The zero-order valence-electron chi connectivity index (χ0n) is 9.94. The van der Waals surface area contributed by atoms with E-state index in [4.69, 9.17) is 27.4 Å². The van der Waals surface area contributed by atoms with E-state index in [0.717, 1.165) is 42.9 Å². The highest BCUT2D eigenvalue weighted by atomic mass is 32.1. The Hall–Kier alpha value is -1.13. The van der Waals surface area contributed by atoms with E-state index < -0.39 is 0 Å². The van der Waals surface area contributed by atoms with Crippen LogP contribution in [-0.4, -0.2) is 24.3 Å². The van der Waals surface area contributed by atoms with E-state index in [1.54, 1.807) is 0 Å². The van der Waals surface area contributed by atoms with Crippen molar-refractivity contribution in [2.45, 2.75) is 25.9 Å². The number of hydrogen-bond donors (Lipinski definition) is 1. The van der Waals surface area contributed by atoms with Gasteiger partial charge in [-0.25, -0.2) is 0 Å². The Morgan fingerprint density at radius 1 is 1.41 bits per heavy atom. The first-order valence-corrected chi connectivity index (χ1v) is 6.22. The standard InChI is InChI=1S/C13H17NO2S/c1-9-2-3-11(13(14)17)12(8-9)16-10-4-6-15-7-5-10/h2-3,8,10H,4-7H2,1H3,(H2,14,17). The van der Waals surface area contributed by atoms with Crippen LogP contribution in [0.15, 0.2) is 18.2 Å². The fraction of sp³-hybridized carbons (Fsp3) is 0.462. The summed E-state index contributed by atoms with van der Waals surface area (Å²) in [5.74, 6) is 0.796. The predicted octanol–water partition coefficient (Wildman–Crippen LogP) is 2.19. The maximum atomic E-state index is 5.98. The van der Waals surface area contributed by atoms with Crippen LogP contribution in [0.25, 0.3) is 0 Å². The van der Waals surface area contributed by atoms with E-state index in [2.05, 4.69) is 0 Å². The summed E-state index contributed by atoms with van der Waals surface area (Å²) < 4.78 is 11.3. The summed E-state index contributed by atoms with van der Waals surface area (Å²) in [7, 11) is 0. The van der Waals surface area contributed by atoms with E-state index in [-0.39, 0.29) is 6.10 Å². The molecule has 0 unspecified atom stereocenters. The van der Waals surface area contributed by atoms with Crippen LogP contribution in [-0.2, 0) is 4.74 Å². The van der Waals surface area contributed by atoms with Gasteiger partial charge in [0.15, 0.2) is 0 Å². The van der Waals surface area contributed by atoms with Crippen LogP contribution >= 0.6 is 12.2 Å². The Bertz CT molecular complexity index is 414. The Morgan fingerprint density at radius 2 is 2.12 bits per heavy atom. The third kappa shape index (κ3) is 3.17. The first-order chi connectivity index (χ1) is 8.16. The van der Waals surface area contributed by atoms with Gasteiger partial charge in [-0.3, -0.25) is 0 Å². The minimum absolute atomic E-state index is 0.207. The van der Waals surface area contributed by atoms with Gasteiger partial charge in [-0.2, -0.15) is 0 Å². The molecule has 0 spiro atoms. The summed E-state index contributed by atoms with van der Waals surface area (Å²) >= 11 is 5.03. The van der Waals surface area contributed by atoms with Crippen LogP contribution in [0.2, 0.25) is 0 Å². The first kappa shape index (κ1) is 12.3. The number of ether oxygens (including phenoxy) is 2. The zero-order valence-corrected chi connectivity index (χ0v) is 10.8. The maximum absolute atomic E-state index is 5.98. The van der Waals surface area contributed by atoms with E-state index in [9.17, 15) is 0 Å². The monoisotopic (exact) mass is 251 g/mol. The average molecular weight is 251 g/mol. The molecule has 3 nitrogen and oxygen atoms in total. The number of thiocarbonyl (C=S) groups is 1. The molecule has 1 aromatic rings. The van der Waals surface area contributed by atoms with Gasteiger partial charge in [0, 0.05) is 12.8 Å². The largest absolute Gasteiger partial charge is 0.490 e. The summed E-state index contributed by atoms with van der Waals surface area (Å²) in [5.41, 5.74) is 7.66. The van der Waals surface area contributed by atoms with Crippen molar-refractivity contribution in [3.05, 3.63) is 29.3 Å². The number of aryl methyl sites for hydroxylation is 1. The highest BCUT2D eigenvalue weighted by Crippen LogP contribution is 2.24. The van der Waals surface area contributed by atoms with Crippen molar-refractivity contribution in [2.24, 2.45) is 5.73 Å². The molecule has 0 atom stereocenters. The molecule has 17 heavy (non-hydrogen) atoms. The third-order valence-corrected chi connectivity index (χ3v) is 3.08. The molecule has 0 saturated carbocycles. The van der Waals surface area contributed by atoms with E-state index in [1.807, 2.05) is 25.1 Å². The van der Waals surface area contributed by atoms with Crippen LogP contribution in [0.1, 0.15) is 24.0 Å². The summed E-state index contributed by atoms with van der Waals surface area (Å²) in [5, 5.41) is 0. The van der Waals surface area contributed by atoms with Crippen molar-refractivity contribution in [1.82, 2.24) is 0 Å². The molecule has 2 rings (SSSR count). The number of benzene rings is 1. The molecule has 1 fully saturated rings. The second-order valence-corrected chi connectivity index (χ2v) is 4.73. The van der Waals surface area contributed by atoms with Crippen molar-refractivity contribution >= 4 is 17.2 Å². The number of hydrogen-bond acceptors (Lipinski definition) is 3. The fourth-order valence-electron chi connectivity index (χ4n) is 1.90. The molecule has 1 aliphatic rings. The third-order valence-electron chi connectivity index (χ3n) is 2.86. The lowest BCUT2D eigenvalue weighted by Crippen LogP contribution is -2.27. The Balaban J connectivity index is 2.17. The van der Waals surface area contributed by atoms with Gasteiger partial charge in [0.25, 0.3) is 0 Å². The number of rotatable bonds is 3. The van der Waals surface area contributed by atoms with Gasteiger partial charge < -0.3 is 15.2 Å². The first-order valence-electron chi connectivity index (χ1n) is 5.81. The second-order valence-electron chi connectivity index (χ2n) is 4.29. The maximum Gasteiger partial charge on any atom is 0.130 e. The van der Waals surface area contributed by atoms with Crippen molar-refractivity contribution in [1.29, 1.82) is 0 Å². The zero-order chi connectivity index (χ0) is 12.3. The fourth-order valence-corrected chi connectivity index (χ4v) is 2.07. The van der Waals surface area contributed by atoms with Crippen molar-refractivity contribution in [3.8, 4) is 5.75 Å². The van der Waals surface area contributed by atoms with Gasteiger partial charge >= 0.3 is 0 Å². The Labute approximate surface area is 107 Å². The SMILES string of the molecule is Cc1ccc(C(N)=S)c(OC2CCOCC2)c1. The highest BCUT2D eigenvalue weighted by molar-refractivity contribution is 7.80. The molecule has 1 saturated heterocycles. The minimum Gasteiger partial charge on any atom is -0.490 e. The van der Waals surface area contributed by atoms with Crippen LogP contribution in [0.3, 0.4) is 0 Å². The molecular formula is C13H17NO2S. The van der Waals surface area contributed by atoms with Crippen LogP contribution < -0.4 is 10.5 Å².